The summed E-state index contributed by atoms with van der Waals surface area (Å²) in [5.74, 6) is -0.230. The van der Waals surface area contributed by atoms with Crippen LogP contribution in [0.25, 0.3) is 16.5 Å². The second-order valence-corrected chi connectivity index (χ2v) is 9.14. The molecule has 0 fully saturated rings. The number of aliphatic hydroxyl groups excluding tert-OH is 1. The van der Waals surface area contributed by atoms with Crippen LogP contribution < -0.4 is 10.9 Å². The van der Waals surface area contributed by atoms with Crippen LogP contribution in [0, 0.1) is 0 Å². The van der Waals surface area contributed by atoms with Crippen LogP contribution in [-0.2, 0) is 6.54 Å². The number of para-hydroxylation sites is 1. The molecule has 2 atom stereocenters. The van der Waals surface area contributed by atoms with Crippen LogP contribution in [0.2, 0.25) is 0 Å². The summed E-state index contributed by atoms with van der Waals surface area (Å²) >= 11 is 0. The number of nitrogens with one attached hydrogen (secondary N) is 1. The Bertz CT molecular complexity index is 1380. The average molecular weight is 484 g/mol. The zero-order valence-corrected chi connectivity index (χ0v) is 21.0. The van der Waals surface area contributed by atoms with Crippen molar-refractivity contribution in [2.75, 3.05) is 13.7 Å². The molecule has 1 unspecified atom stereocenters. The number of fused-ring (bicyclic) bond motifs is 1. The Morgan fingerprint density at radius 1 is 0.944 bits per heavy atom. The highest BCUT2D eigenvalue weighted by molar-refractivity contribution is 6.08. The largest absolute Gasteiger partial charge is 0.395 e. The van der Waals surface area contributed by atoms with Gasteiger partial charge in [-0.15, -0.1) is 0 Å². The third-order valence-electron chi connectivity index (χ3n) is 6.76. The first kappa shape index (κ1) is 25.4. The lowest BCUT2D eigenvalue weighted by Gasteiger charge is -2.27. The van der Waals surface area contributed by atoms with Gasteiger partial charge in [-0.05, 0) is 44.2 Å². The van der Waals surface area contributed by atoms with Gasteiger partial charge in [-0.1, -0.05) is 73.7 Å². The maximum atomic E-state index is 14.0. The van der Waals surface area contributed by atoms with Crippen LogP contribution in [0.5, 0.6) is 0 Å². The standard InChI is InChI=1S/C30H33N3O3/c1-4-26(22-13-7-5-8-14-22)31-29(35)28-24-17-11-12-18-25(24)30(36)33(23-15-9-6-10-16-23)27(28)19-32(3)21(2)20-34/h5-18,21,26,34H,4,19-20H2,1-3H3,(H,31,35)/t21?,26-/m0/s1. The molecule has 0 spiro atoms. The second-order valence-electron chi connectivity index (χ2n) is 9.14. The predicted octanol–water partition coefficient (Wildman–Crippen LogP) is 4.68. The lowest BCUT2D eigenvalue weighted by Crippen LogP contribution is -2.37. The van der Waals surface area contributed by atoms with E-state index in [9.17, 15) is 14.7 Å². The molecule has 0 bridgehead atoms. The van der Waals surface area contributed by atoms with Gasteiger partial charge >= 0.3 is 0 Å². The molecular formula is C30H33N3O3. The molecule has 6 nitrogen and oxygen atoms in total. The highest BCUT2D eigenvalue weighted by Gasteiger charge is 2.26. The molecule has 186 valence electrons. The number of carbonyl (C=O) groups is 1. The molecule has 2 N–H and O–H groups in total. The van der Waals surface area contributed by atoms with Crippen molar-refractivity contribution in [1.29, 1.82) is 0 Å². The van der Waals surface area contributed by atoms with Crippen molar-refractivity contribution in [2.24, 2.45) is 0 Å². The van der Waals surface area contributed by atoms with E-state index in [0.29, 0.717) is 34.3 Å². The summed E-state index contributed by atoms with van der Waals surface area (Å²) in [6.45, 7) is 4.22. The summed E-state index contributed by atoms with van der Waals surface area (Å²) in [6, 6.07) is 26.3. The first-order chi connectivity index (χ1) is 17.5. The van der Waals surface area contributed by atoms with Gasteiger partial charge in [0.25, 0.3) is 11.5 Å². The van der Waals surface area contributed by atoms with E-state index >= 15 is 0 Å². The topological polar surface area (TPSA) is 74.6 Å². The van der Waals surface area contributed by atoms with Crippen molar-refractivity contribution in [3.8, 4) is 5.69 Å². The molecule has 0 aliphatic rings. The van der Waals surface area contributed by atoms with Gasteiger partial charge in [-0.3, -0.25) is 19.1 Å². The molecule has 0 saturated heterocycles. The number of aliphatic hydroxyl groups is 1. The van der Waals surface area contributed by atoms with Crippen molar-refractivity contribution in [2.45, 2.75) is 38.9 Å². The molecule has 36 heavy (non-hydrogen) atoms. The van der Waals surface area contributed by atoms with Crippen LogP contribution >= 0.6 is 0 Å². The molecule has 6 heteroatoms. The number of carbonyl (C=O) groups excluding carboxylic acids is 1. The van der Waals surface area contributed by atoms with Gasteiger partial charge in [-0.25, -0.2) is 0 Å². The first-order valence-electron chi connectivity index (χ1n) is 12.3. The predicted molar refractivity (Wildman–Crippen MR) is 144 cm³/mol. The van der Waals surface area contributed by atoms with Crippen molar-refractivity contribution in [3.05, 3.63) is 112 Å². The molecule has 0 aliphatic heterocycles. The fourth-order valence-corrected chi connectivity index (χ4v) is 4.52. The number of hydrogen-bond acceptors (Lipinski definition) is 4. The third-order valence-corrected chi connectivity index (χ3v) is 6.76. The van der Waals surface area contributed by atoms with E-state index in [0.717, 1.165) is 12.0 Å². The van der Waals surface area contributed by atoms with Gasteiger partial charge in [0, 0.05) is 29.0 Å². The summed E-state index contributed by atoms with van der Waals surface area (Å²) in [4.78, 5) is 29.8. The number of aromatic nitrogens is 1. The Labute approximate surface area is 211 Å². The van der Waals surface area contributed by atoms with E-state index in [1.54, 1.807) is 10.6 Å². The SMILES string of the molecule is CC[C@H](NC(=O)c1c(CN(C)C(C)CO)n(-c2ccccc2)c(=O)c2ccccc12)c1ccccc1. The van der Waals surface area contributed by atoms with E-state index in [4.69, 9.17) is 0 Å². The zero-order chi connectivity index (χ0) is 25.7. The third kappa shape index (κ3) is 5.10. The van der Waals surface area contributed by atoms with Gasteiger partial charge in [0.15, 0.2) is 0 Å². The lowest BCUT2D eigenvalue weighted by molar-refractivity contribution is 0.0933. The van der Waals surface area contributed by atoms with Gasteiger partial charge < -0.3 is 10.4 Å². The number of benzene rings is 3. The maximum Gasteiger partial charge on any atom is 0.263 e. The van der Waals surface area contributed by atoms with Crippen LogP contribution in [-0.4, -0.2) is 40.2 Å². The number of pyridine rings is 1. The molecule has 0 saturated carbocycles. The molecule has 1 aromatic heterocycles. The Morgan fingerprint density at radius 2 is 1.53 bits per heavy atom. The Hall–Kier alpha value is -3.74. The zero-order valence-electron chi connectivity index (χ0n) is 21.0. The molecule has 1 heterocycles. The smallest absolute Gasteiger partial charge is 0.263 e. The summed E-state index contributed by atoms with van der Waals surface area (Å²) in [7, 11) is 1.89. The Morgan fingerprint density at radius 3 is 2.14 bits per heavy atom. The fraction of sp³-hybridized carbons (Fsp3) is 0.267. The Kier molecular flexibility index (Phi) is 7.98. The van der Waals surface area contributed by atoms with Crippen LogP contribution in [0.1, 0.15) is 47.9 Å². The quantitative estimate of drug-likeness (QED) is 0.362. The second kappa shape index (κ2) is 11.3. The molecule has 4 aromatic rings. The maximum absolute atomic E-state index is 14.0. The normalized spacial score (nSPS) is 13.0. The van der Waals surface area contributed by atoms with Gasteiger partial charge in [0.2, 0.25) is 0 Å². The minimum atomic E-state index is -0.230. The molecule has 4 rings (SSSR count). The van der Waals surface area contributed by atoms with E-state index in [2.05, 4.69) is 5.32 Å². The molecule has 3 aromatic carbocycles. The number of amides is 1. The van der Waals surface area contributed by atoms with Crippen molar-refractivity contribution >= 4 is 16.7 Å². The summed E-state index contributed by atoms with van der Waals surface area (Å²) < 4.78 is 1.64. The number of nitrogens with zero attached hydrogens (tertiary/aromatic N) is 2. The van der Waals surface area contributed by atoms with E-state index in [1.807, 2.05) is 105 Å². The van der Waals surface area contributed by atoms with Crippen molar-refractivity contribution in [3.63, 3.8) is 0 Å². The van der Waals surface area contributed by atoms with Crippen molar-refractivity contribution < 1.29 is 9.90 Å². The van der Waals surface area contributed by atoms with Gasteiger partial charge in [-0.2, -0.15) is 0 Å². The minimum absolute atomic E-state index is 0.0346. The average Bonchev–Trinajstić information content (AvgIpc) is 2.92. The van der Waals surface area contributed by atoms with Gasteiger partial charge in [0.1, 0.15) is 0 Å². The first-order valence-corrected chi connectivity index (χ1v) is 12.3. The number of likely N-dealkylation sites (N-methyl/N-ethyl adjacent to an activating group) is 1. The molecular weight excluding hydrogens is 450 g/mol. The minimum Gasteiger partial charge on any atom is -0.395 e. The van der Waals surface area contributed by atoms with Crippen molar-refractivity contribution in [1.82, 2.24) is 14.8 Å². The molecule has 0 radical (unpaired) electrons. The molecule has 1 amide bonds. The monoisotopic (exact) mass is 483 g/mol. The highest BCUT2D eigenvalue weighted by Crippen LogP contribution is 2.26. The van der Waals surface area contributed by atoms with Crippen LogP contribution in [0.15, 0.2) is 89.7 Å². The van der Waals surface area contributed by atoms with Crippen LogP contribution in [0.3, 0.4) is 0 Å². The fourth-order valence-electron chi connectivity index (χ4n) is 4.52. The summed E-state index contributed by atoms with van der Waals surface area (Å²) in [5, 5.41) is 14.1. The number of hydrogen-bond donors (Lipinski definition) is 2. The highest BCUT2D eigenvalue weighted by atomic mass is 16.3. The van der Waals surface area contributed by atoms with E-state index < -0.39 is 0 Å². The van der Waals surface area contributed by atoms with E-state index in [1.165, 1.54) is 0 Å². The lowest BCUT2D eigenvalue weighted by atomic mass is 9.99. The van der Waals surface area contributed by atoms with Crippen LogP contribution in [0.4, 0.5) is 0 Å². The van der Waals surface area contributed by atoms with E-state index in [-0.39, 0.29) is 30.2 Å². The molecule has 0 aliphatic carbocycles. The summed E-state index contributed by atoms with van der Waals surface area (Å²) in [6.07, 6.45) is 0.725. The Balaban J connectivity index is 1.95. The van der Waals surface area contributed by atoms with Gasteiger partial charge in [0.05, 0.1) is 23.9 Å². The number of rotatable bonds is 9. The summed E-state index contributed by atoms with van der Waals surface area (Å²) in [5.41, 5.74) is 2.61.